The summed E-state index contributed by atoms with van der Waals surface area (Å²) in [5, 5.41) is 0. The third kappa shape index (κ3) is 4.98. The first kappa shape index (κ1) is 25.0. The minimum atomic E-state index is -0.931. The van der Waals surface area contributed by atoms with E-state index in [1.54, 1.807) is 44.6 Å². The summed E-state index contributed by atoms with van der Waals surface area (Å²) in [4.78, 5) is 42.4. The molecule has 188 valence electrons. The number of benzene rings is 2. The zero-order valence-corrected chi connectivity index (χ0v) is 20.9. The first-order valence-electron chi connectivity index (χ1n) is 11.9. The maximum atomic E-state index is 13.5. The minimum Gasteiger partial charge on any atom is -0.493 e. The lowest BCUT2D eigenvalue weighted by Gasteiger charge is -2.27. The number of ether oxygens (including phenoxy) is 2. The number of rotatable bonds is 9. The first-order valence-corrected chi connectivity index (χ1v) is 11.9. The van der Waals surface area contributed by atoms with E-state index in [2.05, 4.69) is 13.8 Å². The summed E-state index contributed by atoms with van der Waals surface area (Å²) >= 11 is 0. The Morgan fingerprint density at radius 1 is 1.06 bits per heavy atom. The number of methoxy groups -OCH3 is 2. The SMILES string of the molecule is COc1ccc(CCN(C(=O)c2ccco2)C2CC(=O)N(c3ccc(C(C)C)cc3)C2=O)cc1OC. The number of hydrogen-bond acceptors (Lipinski definition) is 6. The van der Waals surface area contributed by atoms with Crippen molar-refractivity contribution in [2.24, 2.45) is 0 Å². The molecule has 0 spiro atoms. The predicted molar refractivity (Wildman–Crippen MR) is 134 cm³/mol. The molecule has 2 aromatic carbocycles. The molecule has 1 aliphatic rings. The van der Waals surface area contributed by atoms with E-state index in [9.17, 15) is 14.4 Å². The Bertz CT molecular complexity index is 1230. The van der Waals surface area contributed by atoms with Gasteiger partial charge in [-0.1, -0.05) is 32.0 Å². The van der Waals surface area contributed by atoms with E-state index < -0.39 is 17.9 Å². The highest BCUT2D eigenvalue weighted by molar-refractivity contribution is 6.23. The average Bonchev–Trinajstić information content (AvgIpc) is 3.52. The topological polar surface area (TPSA) is 89.3 Å². The lowest BCUT2D eigenvalue weighted by atomic mass is 10.0. The van der Waals surface area contributed by atoms with Gasteiger partial charge in [0.15, 0.2) is 17.3 Å². The Labute approximate surface area is 210 Å². The van der Waals surface area contributed by atoms with Crippen molar-refractivity contribution in [2.75, 3.05) is 25.7 Å². The number of hydrogen-bond donors (Lipinski definition) is 0. The summed E-state index contributed by atoms with van der Waals surface area (Å²) in [5.74, 6) is 0.401. The van der Waals surface area contributed by atoms with E-state index in [4.69, 9.17) is 13.9 Å². The van der Waals surface area contributed by atoms with Gasteiger partial charge in [-0.05, 0) is 59.9 Å². The smallest absolute Gasteiger partial charge is 0.290 e. The number of furan rings is 1. The fourth-order valence-electron chi connectivity index (χ4n) is 4.37. The Kier molecular flexibility index (Phi) is 7.43. The number of amides is 3. The van der Waals surface area contributed by atoms with Crippen LogP contribution in [0.3, 0.4) is 0 Å². The van der Waals surface area contributed by atoms with Gasteiger partial charge in [-0.2, -0.15) is 0 Å². The third-order valence-electron chi connectivity index (χ3n) is 6.40. The molecular weight excluding hydrogens is 460 g/mol. The van der Waals surface area contributed by atoms with Crippen molar-refractivity contribution < 1.29 is 28.3 Å². The average molecular weight is 491 g/mol. The van der Waals surface area contributed by atoms with Crippen molar-refractivity contribution in [3.8, 4) is 11.5 Å². The first-order chi connectivity index (χ1) is 17.3. The molecule has 8 nitrogen and oxygen atoms in total. The van der Waals surface area contributed by atoms with Gasteiger partial charge in [0.25, 0.3) is 11.8 Å². The molecule has 0 bridgehead atoms. The quantitative estimate of drug-likeness (QED) is 0.412. The summed E-state index contributed by atoms with van der Waals surface area (Å²) in [6.07, 6.45) is 1.75. The van der Waals surface area contributed by atoms with Gasteiger partial charge < -0.3 is 18.8 Å². The van der Waals surface area contributed by atoms with Crippen molar-refractivity contribution in [2.45, 2.75) is 38.6 Å². The number of carbonyl (C=O) groups excluding carboxylic acids is 3. The second-order valence-electron chi connectivity index (χ2n) is 8.95. The van der Waals surface area contributed by atoms with Crippen molar-refractivity contribution in [3.63, 3.8) is 0 Å². The molecule has 1 saturated heterocycles. The second kappa shape index (κ2) is 10.7. The van der Waals surface area contributed by atoms with Crippen LogP contribution in [0.4, 0.5) is 5.69 Å². The monoisotopic (exact) mass is 490 g/mol. The van der Waals surface area contributed by atoms with E-state index in [-0.39, 0.29) is 24.6 Å². The zero-order valence-electron chi connectivity index (χ0n) is 20.9. The van der Waals surface area contributed by atoms with E-state index >= 15 is 0 Å². The Morgan fingerprint density at radius 3 is 2.39 bits per heavy atom. The van der Waals surface area contributed by atoms with Gasteiger partial charge in [0.1, 0.15) is 6.04 Å². The van der Waals surface area contributed by atoms with E-state index in [0.29, 0.717) is 29.5 Å². The van der Waals surface area contributed by atoms with Gasteiger partial charge in [0.05, 0.1) is 32.6 Å². The fourth-order valence-corrected chi connectivity index (χ4v) is 4.37. The standard InChI is InChI=1S/C28H30N2O6/c1-18(2)20-8-10-21(11-9-20)30-26(31)17-22(27(30)32)29(28(33)24-6-5-15-36-24)14-13-19-7-12-23(34-3)25(16-19)35-4/h5-12,15-16,18,22H,13-14,17H2,1-4H3. The minimum absolute atomic E-state index is 0.0941. The molecule has 36 heavy (non-hydrogen) atoms. The number of carbonyl (C=O) groups is 3. The molecule has 1 unspecified atom stereocenters. The van der Waals surface area contributed by atoms with Crippen LogP contribution < -0.4 is 14.4 Å². The van der Waals surface area contributed by atoms with Crippen LogP contribution in [0.5, 0.6) is 11.5 Å². The van der Waals surface area contributed by atoms with E-state index in [0.717, 1.165) is 11.1 Å². The van der Waals surface area contributed by atoms with Gasteiger partial charge in [-0.3, -0.25) is 14.4 Å². The molecule has 1 fully saturated rings. The molecule has 0 saturated carbocycles. The van der Waals surface area contributed by atoms with Crippen LogP contribution in [0.25, 0.3) is 0 Å². The van der Waals surface area contributed by atoms with Gasteiger partial charge in [-0.15, -0.1) is 0 Å². The highest BCUT2D eigenvalue weighted by atomic mass is 16.5. The fraction of sp³-hybridized carbons (Fsp3) is 0.321. The maximum Gasteiger partial charge on any atom is 0.290 e. The highest BCUT2D eigenvalue weighted by Crippen LogP contribution is 2.30. The predicted octanol–water partition coefficient (Wildman–Crippen LogP) is 4.44. The molecule has 4 rings (SSSR count). The zero-order chi connectivity index (χ0) is 25.8. The molecule has 1 aliphatic heterocycles. The Balaban J connectivity index is 1.59. The molecule has 8 heteroatoms. The number of anilines is 1. The van der Waals surface area contributed by atoms with Crippen LogP contribution in [0.15, 0.2) is 65.3 Å². The molecular formula is C28H30N2O6. The van der Waals surface area contributed by atoms with E-state index in [1.165, 1.54) is 16.1 Å². The number of nitrogens with zero attached hydrogens (tertiary/aromatic N) is 2. The van der Waals surface area contributed by atoms with Crippen LogP contribution in [-0.2, 0) is 16.0 Å². The number of imide groups is 1. The summed E-state index contributed by atoms with van der Waals surface area (Å²) in [7, 11) is 3.12. The van der Waals surface area contributed by atoms with Crippen molar-refractivity contribution in [1.82, 2.24) is 4.90 Å². The molecule has 0 N–H and O–H groups in total. The third-order valence-corrected chi connectivity index (χ3v) is 6.40. The largest absolute Gasteiger partial charge is 0.493 e. The Hall–Kier alpha value is -4.07. The van der Waals surface area contributed by atoms with Crippen molar-refractivity contribution in [1.29, 1.82) is 0 Å². The van der Waals surface area contributed by atoms with Crippen LogP contribution in [0.2, 0.25) is 0 Å². The van der Waals surface area contributed by atoms with Gasteiger partial charge in [0.2, 0.25) is 5.91 Å². The molecule has 3 aromatic rings. The highest BCUT2D eigenvalue weighted by Gasteiger charge is 2.44. The van der Waals surface area contributed by atoms with Crippen molar-refractivity contribution in [3.05, 3.63) is 77.7 Å². The lowest BCUT2D eigenvalue weighted by Crippen LogP contribution is -2.46. The van der Waals surface area contributed by atoms with Crippen molar-refractivity contribution >= 4 is 23.4 Å². The normalized spacial score (nSPS) is 15.5. The molecule has 0 aliphatic carbocycles. The van der Waals surface area contributed by atoms with Crippen LogP contribution in [0.1, 0.15) is 47.9 Å². The van der Waals surface area contributed by atoms with Crippen LogP contribution >= 0.6 is 0 Å². The lowest BCUT2D eigenvalue weighted by molar-refractivity contribution is -0.122. The summed E-state index contributed by atoms with van der Waals surface area (Å²) in [6, 6.07) is 15.1. The second-order valence-corrected chi connectivity index (χ2v) is 8.95. The molecule has 3 amide bonds. The van der Waals surface area contributed by atoms with Crippen LogP contribution in [0, 0.1) is 0 Å². The molecule has 1 aromatic heterocycles. The van der Waals surface area contributed by atoms with E-state index in [1.807, 2.05) is 24.3 Å². The van der Waals surface area contributed by atoms with Gasteiger partial charge in [-0.25, -0.2) is 4.90 Å². The Morgan fingerprint density at radius 2 is 1.78 bits per heavy atom. The van der Waals surface area contributed by atoms with Gasteiger partial charge >= 0.3 is 0 Å². The summed E-state index contributed by atoms with van der Waals surface area (Å²) in [6.45, 7) is 4.36. The van der Waals surface area contributed by atoms with Crippen LogP contribution in [-0.4, -0.2) is 49.4 Å². The summed E-state index contributed by atoms with van der Waals surface area (Å²) < 4.78 is 16.0. The molecule has 0 radical (unpaired) electrons. The summed E-state index contributed by atoms with van der Waals surface area (Å²) in [5.41, 5.74) is 2.50. The maximum absolute atomic E-state index is 13.5. The molecule has 2 heterocycles. The van der Waals surface area contributed by atoms with Gasteiger partial charge in [0, 0.05) is 6.54 Å². The molecule has 1 atom stereocenters.